The molecule has 9 nitrogen and oxygen atoms in total. The van der Waals surface area contributed by atoms with Crippen molar-refractivity contribution in [3.05, 3.63) is 48.4 Å². The molecule has 3 aromatic rings. The quantitative estimate of drug-likeness (QED) is 0.592. The number of amides is 2. The largest absolute Gasteiger partial charge is 0.461 e. The summed E-state index contributed by atoms with van der Waals surface area (Å²) in [4.78, 5) is 27.5. The van der Waals surface area contributed by atoms with Crippen LogP contribution < -0.4 is 10.6 Å². The maximum absolute atomic E-state index is 11.8. The number of carbonyl (C=O) groups excluding carboxylic acids is 2. The molecule has 2 N–H and O–H groups in total. The Labute approximate surface area is 142 Å². The van der Waals surface area contributed by atoms with Crippen molar-refractivity contribution in [3.63, 3.8) is 0 Å². The van der Waals surface area contributed by atoms with Gasteiger partial charge in [-0.25, -0.2) is 0 Å². The highest BCUT2D eigenvalue weighted by molar-refractivity contribution is 5.91. The molecule has 0 aliphatic carbocycles. The van der Waals surface area contributed by atoms with Gasteiger partial charge in [0.25, 0.3) is 5.91 Å². The maximum atomic E-state index is 11.8. The highest BCUT2D eigenvalue weighted by Crippen LogP contribution is 2.16. The Kier molecular flexibility index (Phi) is 5.25. The lowest BCUT2D eigenvalue weighted by Crippen LogP contribution is -2.34. The van der Waals surface area contributed by atoms with E-state index in [1.807, 2.05) is 0 Å². The van der Waals surface area contributed by atoms with E-state index >= 15 is 0 Å². The summed E-state index contributed by atoms with van der Waals surface area (Å²) in [5, 5.41) is 9.12. The van der Waals surface area contributed by atoms with Crippen molar-refractivity contribution in [2.75, 3.05) is 13.1 Å². The standard InChI is InChI=1S/C16H16N4O5/c21-13(17-7-8-18-16(22)12-4-2-10-24-12)5-6-14-19-15(20-25-14)11-3-1-9-23-11/h1-4,9-10H,5-8H2,(H,17,21)(H,18,22). The van der Waals surface area contributed by atoms with E-state index in [1.165, 1.54) is 12.5 Å². The fraction of sp³-hybridized carbons (Fsp3) is 0.250. The van der Waals surface area contributed by atoms with Gasteiger partial charge in [0.2, 0.25) is 17.6 Å². The monoisotopic (exact) mass is 344 g/mol. The van der Waals surface area contributed by atoms with Gasteiger partial charge in [0.1, 0.15) is 0 Å². The van der Waals surface area contributed by atoms with Crippen molar-refractivity contribution < 1.29 is 22.9 Å². The molecular formula is C16H16N4O5. The lowest BCUT2D eigenvalue weighted by Gasteiger charge is -2.05. The summed E-state index contributed by atoms with van der Waals surface area (Å²) in [6.07, 6.45) is 3.46. The molecule has 0 atom stereocenters. The highest BCUT2D eigenvalue weighted by Gasteiger charge is 2.12. The Bertz CT molecular complexity index is 808. The van der Waals surface area contributed by atoms with Gasteiger partial charge in [-0.2, -0.15) is 4.98 Å². The number of furan rings is 2. The van der Waals surface area contributed by atoms with Gasteiger partial charge < -0.3 is 24.0 Å². The molecule has 0 aromatic carbocycles. The van der Waals surface area contributed by atoms with E-state index < -0.39 is 0 Å². The Morgan fingerprint density at radius 2 is 1.84 bits per heavy atom. The number of aromatic nitrogens is 2. The summed E-state index contributed by atoms with van der Waals surface area (Å²) in [6, 6.07) is 6.64. The van der Waals surface area contributed by atoms with Crippen LogP contribution in [0, 0.1) is 0 Å². The van der Waals surface area contributed by atoms with Crippen LogP contribution in [0.1, 0.15) is 22.9 Å². The molecule has 0 saturated heterocycles. The number of aryl methyl sites for hydroxylation is 1. The fourth-order valence-electron chi connectivity index (χ4n) is 2.04. The zero-order valence-corrected chi connectivity index (χ0v) is 13.2. The van der Waals surface area contributed by atoms with E-state index in [0.29, 0.717) is 37.0 Å². The second kappa shape index (κ2) is 7.95. The summed E-state index contributed by atoms with van der Waals surface area (Å²) >= 11 is 0. The van der Waals surface area contributed by atoms with Crippen molar-refractivity contribution in [1.82, 2.24) is 20.8 Å². The first-order chi connectivity index (χ1) is 12.2. The lowest BCUT2D eigenvalue weighted by atomic mass is 10.3. The molecule has 0 aliphatic heterocycles. The van der Waals surface area contributed by atoms with Crippen LogP contribution in [0.15, 0.2) is 50.1 Å². The number of nitrogens with one attached hydrogen (secondary N) is 2. The Morgan fingerprint density at radius 1 is 1.04 bits per heavy atom. The van der Waals surface area contributed by atoms with Gasteiger partial charge in [0.15, 0.2) is 11.5 Å². The van der Waals surface area contributed by atoms with Crippen LogP contribution in [0.25, 0.3) is 11.6 Å². The van der Waals surface area contributed by atoms with E-state index in [1.54, 1.807) is 24.3 Å². The summed E-state index contributed by atoms with van der Waals surface area (Å²) in [5.74, 6) is 0.941. The third kappa shape index (κ3) is 4.56. The van der Waals surface area contributed by atoms with E-state index in [9.17, 15) is 9.59 Å². The van der Waals surface area contributed by atoms with E-state index in [0.717, 1.165) is 0 Å². The molecule has 2 amide bonds. The summed E-state index contributed by atoms with van der Waals surface area (Å²) in [5.41, 5.74) is 0. The zero-order valence-electron chi connectivity index (χ0n) is 13.2. The minimum atomic E-state index is -0.324. The van der Waals surface area contributed by atoms with Crippen LogP contribution in [-0.4, -0.2) is 35.0 Å². The number of nitrogens with zero attached hydrogens (tertiary/aromatic N) is 2. The molecule has 0 fully saturated rings. The van der Waals surface area contributed by atoms with Crippen LogP contribution in [0.5, 0.6) is 0 Å². The van der Waals surface area contributed by atoms with Crippen molar-refractivity contribution in [3.8, 4) is 11.6 Å². The molecule has 0 saturated carbocycles. The Morgan fingerprint density at radius 3 is 2.60 bits per heavy atom. The van der Waals surface area contributed by atoms with Crippen LogP contribution in [0.4, 0.5) is 0 Å². The average Bonchev–Trinajstić information content (AvgIpc) is 3.37. The van der Waals surface area contributed by atoms with Crippen molar-refractivity contribution in [2.45, 2.75) is 12.8 Å². The van der Waals surface area contributed by atoms with E-state index in [2.05, 4.69) is 20.8 Å². The van der Waals surface area contributed by atoms with Gasteiger partial charge in [-0.3, -0.25) is 9.59 Å². The van der Waals surface area contributed by atoms with Gasteiger partial charge in [-0.1, -0.05) is 5.16 Å². The molecule has 25 heavy (non-hydrogen) atoms. The molecule has 130 valence electrons. The van der Waals surface area contributed by atoms with Crippen molar-refractivity contribution >= 4 is 11.8 Å². The van der Waals surface area contributed by atoms with Crippen LogP contribution in [0.2, 0.25) is 0 Å². The second-order valence-corrected chi connectivity index (χ2v) is 5.07. The molecule has 0 spiro atoms. The third-order valence-electron chi connectivity index (χ3n) is 3.25. The van der Waals surface area contributed by atoms with E-state index in [-0.39, 0.29) is 24.0 Å². The normalized spacial score (nSPS) is 10.6. The molecular weight excluding hydrogens is 328 g/mol. The first kappa shape index (κ1) is 16.5. The second-order valence-electron chi connectivity index (χ2n) is 5.07. The van der Waals surface area contributed by atoms with Crippen LogP contribution >= 0.6 is 0 Å². The first-order valence-electron chi connectivity index (χ1n) is 7.67. The van der Waals surface area contributed by atoms with Gasteiger partial charge in [-0.05, 0) is 24.3 Å². The SMILES string of the molecule is O=C(CCc1nc(-c2ccco2)no1)NCCNC(=O)c1ccco1. The Balaban J connectivity index is 1.34. The molecule has 0 aliphatic rings. The topological polar surface area (TPSA) is 123 Å². The molecule has 3 aromatic heterocycles. The van der Waals surface area contributed by atoms with Crippen LogP contribution in [-0.2, 0) is 11.2 Å². The predicted molar refractivity (Wildman–Crippen MR) is 84.4 cm³/mol. The average molecular weight is 344 g/mol. The van der Waals surface area contributed by atoms with Gasteiger partial charge in [-0.15, -0.1) is 0 Å². The molecule has 9 heteroatoms. The minimum absolute atomic E-state index is 0.176. The molecule has 0 unspecified atom stereocenters. The number of hydrogen-bond donors (Lipinski definition) is 2. The molecule has 0 radical (unpaired) electrons. The van der Waals surface area contributed by atoms with Crippen molar-refractivity contribution in [2.24, 2.45) is 0 Å². The smallest absolute Gasteiger partial charge is 0.287 e. The van der Waals surface area contributed by atoms with Crippen molar-refractivity contribution in [1.29, 1.82) is 0 Å². The molecule has 0 bridgehead atoms. The molecule has 3 rings (SSSR count). The first-order valence-corrected chi connectivity index (χ1v) is 7.67. The van der Waals surface area contributed by atoms with Crippen LogP contribution in [0.3, 0.4) is 0 Å². The number of carbonyl (C=O) groups is 2. The summed E-state index contributed by atoms with van der Waals surface area (Å²) in [7, 11) is 0. The summed E-state index contributed by atoms with van der Waals surface area (Å²) < 4.78 is 15.2. The Hall–Kier alpha value is -3.36. The molecule has 3 heterocycles. The van der Waals surface area contributed by atoms with Gasteiger partial charge >= 0.3 is 0 Å². The predicted octanol–water partition coefficient (Wildman–Crippen LogP) is 1.40. The third-order valence-corrected chi connectivity index (χ3v) is 3.25. The maximum Gasteiger partial charge on any atom is 0.287 e. The zero-order chi connectivity index (χ0) is 17.5. The highest BCUT2D eigenvalue weighted by atomic mass is 16.5. The summed E-state index contributed by atoms with van der Waals surface area (Å²) in [6.45, 7) is 0.612. The lowest BCUT2D eigenvalue weighted by molar-refractivity contribution is -0.121. The fourth-order valence-corrected chi connectivity index (χ4v) is 2.04. The van der Waals surface area contributed by atoms with E-state index in [4.69, 9.17) is 13.4 Å². The minimum Gasteiger partial charge on any atom is -0.461 e. The number of rotatable bonds is 8. The van der Waals surface area contributed by atoms with Gasteiger partial charge in [0.05, 0.1) is 12.5 Å². The van der Waals surface area contributed by atoms with Gasteiger partial charge in [0, 0.05) is 25.9 Å². The number of hydrogen-bond acceptors (Lipinski definition) is 7.